The van der Waals surface area contributed by atoms with Crippen molar-refractivity contribution in [2.75, 3.05) is 13.1 Å². The smallest absolute Gasteiger partial charge is 0.309 e. The minimum Gasteiger partial charge on any atom is -0.481 e. The second kappa shape index (κ2) is 7.63. The maximum atomic E-state index is 12.6. The normalized spacial score (nSPS) is 19.1. The highest BCUT2D eigenvalue weighted by molar-refractivity contribution is 5.79. The van der Waals surface area contributed by atoms with Gasteiger partial charge in [-0.2, -0.15) is 4.98 Å². The number of aryl methyl sites for hydroxylation is 1. The molecule has 2 atom stereocenters. The summed E-state index contributed by atoms with van der Waals surface area (Å²) < 4.78 is 5.23. The van der Waals surface area contributed by atoms with Crippen molar-refractivity contribution in [2.24, 2.45) is 5.92 Å². The minimum absolute atomic E-state index is 0.139. The van der Waals surface area contributed by atoms with E-state index >= 15 is 0 Å². The van der Waals surface area contributed by atoms with Gasteiger partial charge in [0.25, 0.3) is 0 Å². The van der Waals surface area contributed by atoms with Gasteiger partial charge in [-0.25, -0.2) is 4.98 Å². The molecule has 0 bridgehead atoms. The highest BCUT2D eigenvalue weighted by Gasteiger charge is 2.41. The van der Waals surface area contributed by atoms with Crippen LogP contribution in [0.25, 0.3) is 11.4 Å². The summed E-state index contributed by atoms with van der Waals surface area (Å²) in [4.78, 5) is 37.2. The molecule has 1 amide bonds. The largest absolute Gasteiger partial charge is 0.481 e. The summed E-state index contributed by atoms with van der Waals surface area (Å²) in [6, 6.07) is 9.43. The number of carboxylic acids is 1. The Bertz CT molecular complexity index is 954. The van der Waals surface area contributed by atoms with Gasteiger partial charge in [-0.05, 0) is 0 Å². The van der Waals surface area contributed by atoms with E-state index in [0.29, 0.717) is 30.5 Å². The first-order valence-electron chi connectivity index (χ1n) is 8.99. The Morgan fingerprint density at radius 3 is 2.79 bits per heavy atom. The Balaban J connectivity index is 1.38. The van der Waals surface area contributed by atoms with E-state index in [1.165, 1.54) is 0 Å². The van der Waals surface area contributed by atoms with Crippen molar-refractivity contribution < 1.29 is 19.2 Å². The lowest BCUT2D eigenvalue weighted by atomic mass is 9.96. The number of aliphatic carboxylic acids is 1. The molecule has 0 spiro atoms. The molecule has 2 aromatic heterocycles. The van der Waals surface area contributed by atoms with Crippen LogP contribution < -0.4 is 0 Å². The number of imidazole rings is 1. The van der Waals surface area contributed by atoms with E-state index in [0.717, 1.165) is 5.56 Å². The average molecular weight is 381 g/mol. The molecule has 1 fully saturated rings. The molecular formula is C19H19N5O4. The van der Waals surface area contributed by atoms with Gasteiger partial charge in [-0.3, -0.25) is 9.59 Å². The van der Waals surface area contributed by atoms with Crippen molar-refractivity contribution in [3.8, 4) is 11.4 Å². The van der Waals surface area contributed by atoms with Crippen LogP contribution in [0.1, 0.15) is 24.1 Å². The number of aromatic nitrogens is 4. The second-order valence-corrected chi connectivity index (χ2v) is 6.70. The second-order valence-electron chi connectivity index (χ2n) is 6.70. The zero-order valence-corrected chi connectivity index (χ0v) is 15.0. The van der Waals surface area contributed by atoms with Crippen molar-refractivity contribution in [3.05, 3.63) is 54.4 Å². The lowest BCUT2D eigenvalue weighted by molar-refractivity contribution is -0.141. The summed E-state index contributed by atoms with van der Waals surface area (Å²) in [7, 11) is 0. The number of carbonyl (C=O) groups excluding carboxylic acids is 1. The third-order valence-corrected chi connectivity index (χ3v) is 4.91. The van der Waals surface area contributed by atoms with Crippen molar-refractivity contribution in [1.82, 2.24) is 25.0 Å². The molecule has 1 aliphatic rings. The van der Waals surface area contributed by atoms with Crippen LogP contribution >= 0.6 is 0 Å². The molecule has 0 radical (unpaired) electrons. The monoisotopic (exact) mass is 381 g/mol. The summed E-state index contributed by atoms with van der Waals surface area (Å²) >= 11 is 0. The number of carboxylic acid groups (broad SMARTS) is 1. The van der Waals surface area contributed by atoms with E-state index in [4.69, 9.17) is 4.52 Å². The number of H-pyrrole nitrogens is 1. The van der Waals surface area contributed by atoms with Crippen LogP contribution in [-0.2, 0) is 16.0 Å². The van der Waals surface area contributed by atoms with Gasteiger partial charge in [0.2, 0.25) is 17.6 Å². The van der Waals surface area contributed by atoms with Crippen LogP contribution in [0.5, 0.6) is 0 Å². The SMILES string of the molecule is O=C(O)[C@@H]1CN(C(=O)CCc2nc(-c3ccccc3)no2)C[C@H]1c1ncc[nH]1. The van der Waals surface area contributed by atoms with Crippen molar-refractivity contribution in [1.29, 1.82) is 0 Å². The highest BCUT2D eigenvalue weighted by atomic mass is 16.5. The molecular weight excluding hydrogens is 362 g/mol. The summed E-state index contributed by atoms with van der Waals surface area (Å²) in [6.07, 6.45) is 3.71. The fraction of sp³-hybridized carbons (Fsp3) is 0.316. The number of hydrogen-bond acceptors (Lipinski definition) is 6. The molecule has 4 rings (SSSR count). The van der Waals surface area contributed by atoms with Gasteiger partial charge in [-0.1, -0.05) is 35.5 Å². The standard InChI is InChI=1S/C19H19N5O4/c25-16(7-6-15-22-17(23-28-15)12-4-2-1-3-5-12)24-10-13(14(11-24)19(26)27)18-20-8-9-21-18/h1-5,8-9,13-14H,6-7,10-11H2,(H,20,21)(H,26,27)/t13-,14-/m1/s1. The van der Waals surface area contributed by atoms with Crippen LogP contribution in [0.2, 0.25) is 0 Å². The van der Waals surface area contributed by atoms with Crippen LogP contribution in [-0.4, -0.2) is 55.1 Å². The van der Waals surface area contributed by atoms with Crippen molar-refractivity contribution in [3.63, 3.8) is 0 Å². The third kappa shape index (κ3) is 3.64. The zero-order valence-electron chi connectivity index (χ0n) is 15.0. The number of carbonyl (C=O) groups is 2. The molecule has 28 heavy (non-hydrogen) atoms. The molecule has 1 aromatic carbocycles. The number of rotatable bonds is 6. The van der Waals surface area contributed by atoms with Crippen molar-refractivity contribution >= 4 is 11.9 Å². The minimum atomic E-state index is -0.930. The Morgan fingerprint density at radius 2 is 2.07 bits per heavy atom. The molecule has 0 saturated carbocycles. The Morgan fingerprint density at radius 1 is 1.25 bits per heavy atom. The number of nitrogens with one attached hydrogen (secondary N) is 1. The van der Waals surface area contributed by atoms with Gasteiger partial charge in [0, 0.05) is 49.8 Å². The number of benzene rings is 1. The first-order valence-corrected chi connectivity index (χ1v) is 8.99. The average Bonchev–Trinajstić information content (AvgIpc) is 3.46. The maximum Gasteiger partial charge on any atom is 0.309 e. The van der Waals surface area contributed by atoms with E-state index in [1.807, 2.05) is 30.3 Å². The molecule has 2 N–H and O–H groups in total. The van der Waals surface area contributed by atoms with E-state index in [-0.39, 0.29) is 24.8 Å². The van der Waals surface area contributed by atoms with Gasteiger partial charge >= 0.3 is 5.97 Å². The Hall–Kier alpha value is -3.49. The van der Waals surface area contributed by atoms with Crippen LogP contribution in [0.15, 0.2) is 47.2 Å². The molecule has 0 aliphatic carbocycles. The maximum absolute atomic E-state index is 12.6. The van der Waals surface area contributed by atoms with Gasteiger partial charge in [0.15, 0.2) is 0 Å². The first kappa shape index (κ1) is 17.9. The summed E-state index contributed by atoms with van der Waals surface area (Å²) in [5, 5.41) is 13.4. The third-order valence-electron chi connectivity index (χ3n) is 4.91. The zero-order chi connectivity index (χ0) is 19.5. The quantitative estimate of drug-likeness (QED) is 0.666. The number of aromatic amines is 1. The lowest BCUT2D eigenvalue weighted by Crippen LogP contribution is -2.30. The molecule has 3 aromatic rings. The Kier molecular flexibility index (Phi) is 4.88. The van der Waals surface area contributed by atoms with Gasteiger partial charge in [0.1, 0.15) is 5.82 Å². The predicted octanol–water partition coefficient (Wildman–Crippen LogP) is 1.72. The first-order chi connectivity index (χ1) is 13.6. The predicted molar refractivity (Wildman–Crippen MR) is 97.1 cm³/mol. The molecule has 1 aliphatic heterocycles. The summed E-state index contributed by atoms with van der Waals surface area (Å²) in [5.41, 5.74) is 0.842. The number of likely N-dealkylation sites (tertiary alicyclic amines) is 1. The molecule has 0 unspecified atom stereocenters. The molecule has 144 valence electrons. The highest BCUT2D eigenvalue weighted by Crippen LogP contribution is 2.31. The Labute approximate surface area is 160 Å². The van der Waals surface area contributed by atoms with Gasteiger partial charge < -0.3 is 19.5 Å². The van der Waals surface area contributed by atoms with Gasteiger partial charge in [0.05, 0.1) is 5.92 Å². The molecule has 9 heteroatoms. The van der Waals surface area contributed by atoms with E-state index in [9.17, 15) is 14.7 Å². The topological polar surface area (TPSA) is 125 Å². The van der Waals surface area contributed by atoms with Gasteiger partial charge in [-0.15, -0.1) is 0 Å². The van der Waals surface area contributed by atoms with E-state index < -0.39 is 11.9 Å². The number of nitrogens with zero attached hydrogens (tertiary/aromatic N) is 4. The van der Waals surface area contributed by atoms with Crippen LogP contribution in [0, 0.1) is 5.92 Å². The number of hydrogen-bond donors (Lipinski definition) is 2. The molecule has 1 saturated heterocycles. The summed E-state index contributed by atoms with van der Waals surface area (Å²) in [6.45, 7) is 0.487. The lowest BCUT2D eigenvalue weighted by Gasteiger charge is -2.15. The van der Waals surface area contributed by atoms with Crippen LogP contribution in [0.3, 0.4) is 0 Å². The van der Waals surface area contributed by atoms with Crippen molar-refractivity contribution in [2.45, 2.75) is 18.8 Å². The fourth-order valence-electron chi connectivity index (χ4n) is 3.45. The molecule has 9 nitrogen and oxygen atoms in total. The van der Waals surface area contributed by atoms with E-state index in [1.54, 1.807) is 17.3 Å². The summed E-state index contributed by atoms with van der Waals surface area (Å²) in [5.74, 6) is -0.641. The fourth-order valence-corrected chi connectivity index (χ4v) is 3.45. The van der Waals surface area contributed by atoms with Crippen LogP contribution in [0.4, 0.5) is 0 Å². The number of amides is 1. The van der Waals surface area contributed by atoms with E-state index in [2.05, 4.69) is 20.1 Å². The molecule has 3 heterocycles.